The van der Waals surface area contributed by atoms with Crippen molar-refractivity contribution in [3.05, 3.63) is 76.6 Å². The highest BCUT2D eigenvalue weighted by Crippen LogP contribution is 2.58. The van der Waals surface area contributed by atoms with Crippen LogP contribution in [0.1, 0.15) is 21.7 Å². The Balaban J connectivity index is 2.97. The molecule has 0 aliphatic carbocycles. The largest absolute Gasteiger partial charge is 0.465 e. The number of hydrogen-bond donors (Lipinski definition) is 1. The van der Waals surface area contributed by atoms with Crippen LogP contribution in [0.2, 0.25) is 0 Å². The zero-order chi connectivity index (χ0) is 23.2. The van der Waals surface area contributed by atoms with E-state index in [1.165, 1.54) is 37.5 Å². The molecule has 1 aromatic heterocycles. The lowest BCUT2D eigenvalue weighted by Gasteiger charge is -2.22. The van der Waals surface area contributed by atoms with Crippen molar-refractivity contribution in [2.45, 2.75) is 13.8 Å². The van der Waals surface area contributed by atoms with Gasteiger partial charge in [-0.15, -0.1) is 13.2 Å². The average molecular weight is 447 g/mol. The molecule has 0 fully saturated rings. The van der Waals surface area contributed by atoms with Gasteiger partial charge in [0.1, 0.15) is 13.2 Å². The third-order valence-electron chi connectivity index (χ3n) is 4.28. The number of hydrogen-bond acceptors (Lipinski definition) is 8. The summed E-state index contributed by atoms with van der Waals surface area (Å²) >= 11 is 0. The van der Waals surface area contributed by atoms with Gasteiger partial charge >= 0.3 is 13.9 Å². The second-order valence-corrected chi connectivity index (χ2v) is 8.37. The van der Waals surface area contributed by atoms with Gasteiger partial charge < -0.3 is 4.74 Å². The molecule has 0 saturated carbocycles. The molecule has 0 bridgehead atoms. The molecular formula is C21H24N2O7P+. The molecule has 0 amide bonds. The Labute approximate surface area is 180 Å². The summed E-state index contributed by atoms with van der Waals surface area (Å²) in [7, 11) is -2.60. The predicted octanol–water partition coefficient (Wildman–Crippen LogP) is 3.85. The Morgan fingerprint density at radius 1 is 1.23 bits per heavy atom. The molecule has 0 unspecified atom stereocenters. The summed E-state index contributed by atoms with van der Waals surface area (Å²) in [4.78, 5) is 39.3. The summed E-state index contributed by atoms with van der Waals surface area (Å²) in [6.07, 6.45) is 2.88. The summed E-state index contributed by atoms with van der Waals surface area (Å²) in [5.74, 6) is -0.716. The Morgan fingerprint density at radius 3 is 2.35 bits per heavy atom. The fourth-order valence-electron chi connectivity index (χ4n) is 3.07. The molecule has 1 heterocycles. The summed E-state index contributed by atoms with van der Waals surface area (Å²) < 4.78 is 16.2. The van der Waals surface area contributed by atoms with Crippen LogP contribution < -0.4 is 5.30 Å². The van der Waals surface area contributed by atoms with E-state index in [-0.39, 0.29) is 35.3 Å². The van der Waals surface area contributed by atoms with E-state index < -0.39 is 18.8 Å². The van der Waals surface area contributed by atoms with Crippen molar-refractivity contribution in [3.8, 4) is 11.1 Å². The summed E-state index contributed by atoms with van der Waals surface area (Å²) in [6, 6.07) is 5.69. The van der Waals surface area contributed by atoms with Crippen LogP contribution in [0.25, 0.3) is 11.1 Å². The van der Waals surface area contributed by atoms with Gasteiger partial charge in [-0.05, 0) is 19.4 Å². The molecule has 9 nitrogen and oxygen atoms in total. The van der Waals surface area contributed by atoms with Gasteiger partial charge in [-0.3, -0.25) is 15.1 Å². The second kappa shape index (κ2) is 10.4. The number of aryl methyl sites for hydroxylation is 2. The third kappa shape index (κ3) is 5.21. The average Bonchev–Trinajstić information content (AvgIpc) is 2.75. The quantitative estimate of drug-likeness (QED) is 0.192. The topological polar surface area (TPSA) is 121 Å². The molecule has 0 spiro atoms. The van der Waals surface area contributed by atoms with Crippen LogP contribution in [0.5, 0.6) is 0 Å². The first-order chi connectivity index (χ1) is 14.7. The SMILES string of the molecule is C=CCO[P+](O)(OCC=C)c1c(C)nc(C)c(C(=O)OC)c1-c1cccc([N+](=O)[O-])c1. The van der Waals surface area contributed by atoms with Crippen molar-refractivity contribution >= 4 is 24.9 Å². The predicted molar refractivity (Wildman–Crippen MR) is 118 cm³/mol. The molecule has 0 aliphatic rings. The Morgan fingerprint density at radius 2 is 1.84 bits per heavy atom. The number of carbonyl (C=O) groups is 1. The third-order valence-corrected chi connectivity index (χ3v) is 6.39. The Bertz CT molecular complexity index is 1010. The van der Waals surface area contributed by atoms with Crippen molar-refractivity contribution < 1.29 is 28.4 Å². The molecule has 31 heavy (non-hydrogen) atoms. The highest BCUT2D eigenvalue weighted by molar-refractivity contribution is 7.69. The van der Waals surface area contributed by atoms with Crippen molar-refractivity contribution in [2.24, 2.45) is 0 Å². The lowest BCUT2D eigenvalue weighted by atomic mass is 9.97. The fourth-order valence-corrected chi connectivity index (χ4v) is 5.00. The number of esters is 1. The lowest BCUT2D eigenvalue weighted by Crippen LogP contribution is -2.26. The molecule has 2 aromatic rings. The maximum atomic E-state index is 12.7. The number of nitrogens with zero attached hydrogens (tertiary/aromatic N) is 2. The monoisotopic (exact) mass is 447 g/mol. The van der Waals surface area contributed by atoms with Gasteiger partial charge in [0.2, 0.25) is 5.30 Å². The van der Waals surface area contributed by atoms with E-state index in [1.807, 2.05) is 0 Å². The fraction of sp³-hybridized carbons (Fsp3) is 0.238. The summed E-state index contributed by atoms with van der Waals surface area (Å²) in [6.45, 7) is 10.3. The van der Waals surface area contributed by atoms with Gasteiger partial charge in [-0.1, -0.05) is 24.3 Å². The van der Waals surface area contributed by atoms with E-state index in [2.05, 4.69) is 18.1 Å². The molecule has 0 radical (unpaired) electrons. The highest BCUT2D eigenvalue weighted by atomic mass is 31.2. The van der Waals surface area contributed by atoms with Crippen LogP contribution >= 0.6 is 7.94 Å². The van der Waals surface area contributed by atoms with Crippen molar-refractivity contribution in [1.82, 2.24) is 4.98 Å². The smallest absolute Gasteiger partial charge is 0.449 e. The zero-order valence-corrected chi connectivity index (χ0v) is 18.4. The molecule has 10 heteroatoms. The first-order valence-electron chi connectivity index (χ1n) is 9.17. The molecular weight excluding hydrogens is 423 g/mol. The van der Waals surface area contributed by atoms with Gasteiger partial charge in [0.05, 0.1) is 34.5 Å². The van der Waals surface area contributed by atoms with Crippen molar-refractivity contribution in [1.29, 1.82) is 0 Å². The van der Waals surface area contributed by atoms with E-state index in [0.717, 1.165) is 0 Å². The summed E-state index contributed by atoms with van der Waals surface area (Å²) in [5, 5.41) is 11.5. The van der Waals surface area contributed by atoms with E-state index in [4.69, 9.17) is 13.8 Å². The van der Waals surface area contributed by atoms with Gasteiger partial charge in [0.15, 0.2) is 0 Å². The van der Waals surface area contributed by atoms with Crippen LogP contribution in [0, 0.1) is 24.0 Å². The standard InChI is InChI=1S/C21H24N2O7P/c1-6-11-29-31(27,30-12-7-2)20-15(4)22-14(3)18(21(24)28-5)19(20)16-9-8-10-17(13-16)23(25)26/h6-10,13,27H,1-2,11-12H2,3-5H3/q+1. The molecule has 0 aliphatic heterocycles. The van der Waals surface area contributed by atoms with Gasteiger partial charge in [-0.2, -0.15) is 13.9 Å². The molecule has 1 aromatic carbocycles. The minimum Gasteiger partial charge on any atom is -0.465 e. The molecule has 164 valence electrons. The van der Waals surface area contributed by atoms with Crippen LogP contribution in [-0.4, -0.2) is 41.1 Å². The first-order valence-corrected chi connectivity index (χ1v) is 10.8. The number of nitro groups is 1. The minimum absolute atomic E-state index is 0.0450. The second-order valence-electron chi connectivity index (χ2n) is 6.37. The van der Waals surface area contributed by atoms with Crippen LogP contribution in [-0.2, 0) is 13.8 Å². The number of rotatable bonds is 10. The number of aromatic nitrogens is 1. The Kier molecular flexibility index (Phi) is 8.13. The van der Waals surface area contributed by atoms with E-state index >= 15 is 0 Å². The van der Waals surface area contributed by atoms with Gasteiger partial charge in [-0.25, -0.2) is 4.79 Å². The molecule has 0 saturated heterocycles. The highest BCUT2D eigenvalue weighted by Gasteiger charge is 2.50. The maximum absolute atomic E-state index is 12.7. The number of ether oxygens (including phenoxy) is 1. The minimum atomic E-state index is -3.81. The van der Waals surface area contributed by atoms with Crippen LogP contribution in [0.3, 0.4) is 0 Å². The number of non-ortho nitro benzene ring substituents is 1. The summed E-state index contributed by atoms with van der Waals surface area (Å²) in [5.41, 5.74) is 1.04. The Hall–Kier alpha value is -2.97. The normalized spacial score (nSPS) is 11.1. The van der Waals surface area contributed by atoms with Crippen molar-refractivity contribution in [2.75, 3.05) is 20.3 Å². The number of nitro benzene ring substituents is 1. The van der Waals surface area contributed by atoms with Crippen molar-refractivity contribution in [3.63, 3.8) is 0 Å². The number of pyridine rings is 1. The van der Waals surface area contributed by atoms with E-state index in [1.54, 1.807) is 19.9 Å². The zero-order valence-electron chi connectivity index (χ0n) is 17.5. The van der Waals surface area contributed by atoms with E-state index in [9.17, 15) is 19.8 Å². The molecule has 2 rings (SSSR count). The van der Waals surface area contributed by atoms with Gasteiger partial charge in [0.25, 0.3) is 5.69 Å². The van der Waals surface area contributed by atoms with E-state index in [0.29, 0.717) is 17.0 Å². The van der Waals surface area contributed by atoms with Crippen LogP contribution in [0.4, 0.5) is 5.69 Å². The number of methoxy groups -OCH3 is 1. The van der Waals surface area contributed by atoms with Gasteiger partial charge in [0, 0.05) is 12.1 Å². The maximum Gasteiger partial charge on any atom is 0.449 e. The first kappa shape index (κ1) is 24.3. The molecule has 0 atom stereocenters. The lowest BCUT2D eigenvalue weighted by molar-refractivity contribution is -0.384. The number of carbonyl (C=O) groups excluding carboxylic acids is 1. The molecule has 1 N–H and O–H groups in total. The van der Waals surface area contributed by atoms with Crippen LogP contribution in [0.15, 0.2) is 49.6 Å². The number of benzene rings is 1.